The molecule has 1 N–H and O–H groups in total. The van der Waals surface area contributed by atoms with Gasteiger partial charge in [-0.05, 0) is 67.9 Å². The molecule has 126 valence electrons. The van der Waals surface area contributed by atoms with Crippen molar-refractivity contribution in [2.45, 2.75) is 45.1 Å². The summed E-state index contributed by atoms with van der Waals surface area (Å²) in [5, 5.41) is 3.01. The Morgan fingerprint density at radius 1 is 1.12 bits per heavy atom. The van der Waals surface area contributed by atoms with Gasteiger partial charge in [-0.1, -0.05) is 36.4 Å². The molecule has 0 aromatic heterocycles. The molecule has 3 heteroatoms. The third-order valence-electron chi connectivity index (χ3n) is 4.56. The second-order valence-corrected chi connectivity index (χ2v) is 6.57. The molecule has 3 rings (SSSR count). The predicted octanol–water partition coefficient (Wildman–Crippen LogP) is 3.69. The van der Waals surface area contributed by atoms with Gasteiger partial charge >= 0.3 is 0 Å². The van der Waals surface area contributed by atoms with Crippen molar-refractivity contribution in [2.75, 3.05) is 6.61 Å². The SMILES string of the molecule is C[C@@H](CCc1ccccc1)NC(=O)COc1ccc2c(c1)CCC2. The van der Waals surface area contributed by atoms with Gasteiger partial charge in [-0.15, -0.1) is 0 Å². The normalized spacial score (nSPS) is 14.0. The number of nitrogens with one attached hydrogen (secondary N) is 1. The Kier molecular flexibility index (Phi) is 5.52. The number of amides is 1. The van der Waals surface area contributed by atoms with Crippen LogP contribution < -0.4 is 10.1 Å². The molecule has 1 aliphatic rings. The van der Waals surface area contributed by atoms with Gasteiger partial charge in [0.2, 0.25) is 0 Å². The van der Waals surface area contributed by atoms with E-state index in [4.69, 9.17) is 4.74 Å². The summed E-state index contributed by atoms with van der Waals surface area (Å²) in [7, 11) is 0. The summed E-state index contributed by atoms with van der Waals surface area (Å²) in [6, 6.07) is 16.7. The number of carbonyl (C=O) groups is 1. The summed E-state index contributed by atoms with van der Waals surface area (Å²) in [5.74, 6) is 0.735. The molecule has 0 aliphatic heterocycles. The van der Waals surface area contributed by atoms with Crippen molar-refractivity contribution in [3.63, 3.8) is 0 Å². The van der Waals surface area contributed by atoms with Crippen LogP contribution in [0.4, 0.5) is 0 Å². The Labute approximate surface area is 144 Å². The van der Waals surface area contributed by atoms with E-state index in [0.29, 0.717) is 0 Å². The molecule has 0 saturated heterocycles. The van der Waals surface area contributed by atoms with Gasteiger partial charge in [-0.3, -0.25) is 4.79 Å². The highest BCUT2D eigenvalue weighted by molar-refractivity contribution is 5.77. The van der Waals surface area contributed by atoms with E-state index in [0.717, 1.165) is 31.4 Å². The van der Waals surface area contributed by atoms with Crippen LogP contribution in [0.3, 0.4) is 0 Å². The van der Waals surface area contributed by atoms with Gasteiger partial charge in [0.25, 0.3) is 5.91 Å². The fourth-order valence-corrected chi connectivity index (χ4v) is 3.20. The zero-order valence-corrected chi connectivity index (χ0v) is 14.3. The highest BCUT2D eigenvalue weighted by Gasteiger charge is 2.12. The zero-order chi connectivity index (χ0) is 16.8. The van der Waals surface area contributed by atoms with Crippen LogP contribution in [0.25, 0.3) is 0 Å². The monoisotopic (exact) mass is 323 g/mol. The number of benzene rings is 2. The largest absolute Gasteiger partial charge is 0.484 e. The summed E-state index contributed by atoms with van der Waals surface area (Å²) in [4.78, 5) is 12.0. The van der Waals surface area contributed by atoms with E-state index < -0.39 is 0 Å². The first-order valence-electron chi connectivity index (χ1n) is 8.78. The molecular formula is C21H25NO2. The maximum absolute atomic E-state index is 12.0. The highest BCUT2D eigenvalue weighted by Crippen LogP contribution is 2.25. The molecule has 2 aromatic carbocycles. The molecule has 0 spiro atoms. The van der Waals surface area contributed by atoms with E-state index in [2.05, 4.69) is 29.6 Å². The molecule has 0 radical (unpaired) electrons. The van der Waals surface area contributed by atoms with Gasteiger partial charge in [0, 0.05) is 6.04 Å². The zero-order valence-electron chi connectivity index (χ0n) is 14.3. The van der Waals surface area contributed by atoms with Crippen LogP contribution in [0.5, 0.6) is 5.75 Å². The van der Waals surface area contributed by atoms with Crippen LogP contribution in [0.15, 0.2) is 48.5 Å². The predicted molar refractivity (Wildman–Crippen MR) is 96.3 cm³/mol. The first-order chi connectivity index (χ1) is 11.7. The number of hydrogen-bond acceptors (Lipinski definition) is 2. The summed E-state index contributed by atoms with van der Waals surface area (Å²) < 4.78 is 5.64. The standard InChI is InChI=1S/C21H25NO2/c1-16(10-11-17-6-3-2-4-7-17)22-21(23)15-24-20-13-12-18-8-5-9-19(18)14-20/h2-4,6-7,12-14,16H,5,8-11,15H2,1H3,(H,22,23)/t16-/m0/s1. The summed E-state index contributed by atoms with van der Waals surface area (Å²) in [6.07, 6.45) is 5.39. The van der Waals surface area contributed by atoms with E-state index in [1.807, 2.05) is 31.2 Å². The Morgan fingerprint density at radius 3 is 2.75 bits per heavy atom. The fraction of sp³-hybridized carbons (Fsp3) is 0.381. The van der Waals surface area contributed by atoms with Crippen LogP contribution in [-0.4, -0.2) is 18.6 Å². The van der Waals surface area contributed by atoms with Crippen molar-refractivity contribution in [3.05, 3.63) is 65.2 Å². The summed E-state index contributed by atoms with van der Waals surface area (Å²) >= 11 is 0. The highest BCUT2D eigenvalue weighted by atomic mass is 16.5. The molecule has 3 nitrogen and oxygen atoms in total. The van der Waals surface area contributed by atoms with Crippen LogP contribution in [0, 0.1) is 0 Å². The number of rotatable bonds is 7. The van der Waals surface area contributed by atoms with Crippen molar-refractivity contribution in [1.82, 2.24) is 5.32 Å². The van der Waals surface area contributed by atoms with Gasteiger partial charge in [-0.25, -0.2) is 0 Å². The lowest BCUT2D eigenvalue weighted by Gasteiger charge is -2.14. The molecule has 0 unspecified atom stereocenters. The smallest absolute Gasteiger partial charge is 0.258 e. The second kappa shape index (κ2) is 8.00. The lowest BCUT2D eigenvalue weighted by molar-refractivity contribution is -0.123. The topological polar surface area (TPSA) is 38.3 Å². The number of aryl methyl sites for hydroxylation is 3. The Balaban J connectivity index is 1.40. The second-order valence-electron chi connectivity index (χ2n) is 6.57. The number of ether oxygens (including phenoxy) is 1. The molecule has 1 amide bonds. The van der Waals surface area contributed by atoms with Crippen LogP contribution in [-0.2, 0) is 24.1 Å². The Bertz CT molecular complexity index is 681. The molecule has 2 aromatic rings. The lowest BCUT2D eigenvalue weighted by Crippen LogP contribution is -2.36. The third-order valence-corrected chi connectivity index (χ3v) is 4.56. The van der Waals surface area contributed by atoms with Crippen LogP contribution in [0.2, 0.25) is 0 Å². The minimum absolute atomic E-state index is 0.0592. The molecule has 0 fully saturated rings. The molecule has 1 atom stereocenters. The summed E-state index contributed by atoms with van der Waals surface area (Å²) in [6.45, 7) is 2.12. The third kappa shape index (κ3) is 4.60. The van der Waals surface area contributed by atoms with E-state index in [1.54, 1.807) is 0 Å². The molecular weight excluding hydrogens is 298 g/mol. The van der Waals surface area contributed by atoms with Crippen LogP contribution >= 0.6 is 0 Å². The molecule has 0 heterocycles. The fourth-order valence-electron chi connectivity index (χ4n) is 3.20. The lowest BCUT2D eigenvalue weighted by atomic mass is 10.1. The van der Waals surface area contributed by atoms with Crippen molar-refractivity contribution >= 4 is 5.91 Å². The van der Waals surface area contributed by atoms with Gasteiger partial charge in [-0.2, -0.15) is 0 Å². The summed E-state index contributed by atoms with van der Waals surface area (Å²) in [5.41, 5.74) is 4.08. The number of carbonyl (C=O) groups excluding carboxylic acids is 1. The molecule has 0 saturated carbocycles. The van der Waals surface area contributed by atoms with E-state index >= 15 is 0 Å². The first-order valence-corrected chi connectivity index (χ1v) is 8.78. The van der Waals surface area contributed by atoms with Gasteiger partial charge in [0.05, 0.1) is 0 Å². The Hall–Kier alpha value is -2.29. The molecule has 1 aliphatic carbocycles. The van der Waals surface area contributed by atoms with Crippen molar-refractivity contribution < 1.29 is 9.53 Å². The van der Waals surface area contributed by atoms with E-state index in [1.165, 1.54) is 23.1 Å². The molecule has 0 bridgehead atoms. The van der Waals surface area contributed by atoms with Crippen molar-refractivity contribution in [2.24, 2.45) is 0 Å². The number of fused-ring (bicyclic) bond motifs is 1. The average Bonchev–Trinajstić information content (AvgIpc) is 3.07. The minimum atomic E-state index is -0.0592. The van der Waals surface area contributed by atoms with Gasteiger partial charge < -0.3 is 10.1 Å². The van der Waals surface area contributed by atoms with Crippen molar-refractivity contribution in [3.8, 4) is 5.75 Å². The minimum Gasteiger partial charge on any atom is -0.484 e. The maximum atomic E-state index is 12.0. The number of hydrogen-bond donors (Lipinski definition) is 1. The van der Waals surface area contributed by atoms with Crippen molar-refractivity contribution in [1.29, 1.82) is 0 Å². The van der Waals surface area contributed by atoms with E-state index in [9.17, 15) is 4.79 Å². The Morgan fingerprint density at radius 2 is 1.92 bits per heavy atom. The quantitative estimate of drug-likeness (QED) is 0.844. The van der Waals surface area contributed by atoms with E-state index in [-0.39, 0.29) is 18.6 Å². The van der Waals surface area contributed by atoms with Gasteiger partial charge in [0.1, 0.15) is 5.75 Å². The van der Waals surface area contributed by atoms with Gasteiger partial charge in [0.15, 0.2) is 6.61 Å². The van der Waals surface area contributed by atoms with Crippen LogP contribution in [0.1, 0.15) is 36.5 Å². The maximum Gasteiger partial charge on any atom is 0.258 e. The molecule has 24 heavy (non-hydrogen) atoms. The average molecular weight is 323 g/mol. The first kappa shape index (κ1) is 16.6.